The number of halogens is 1. The maximum absolute atomic E-state index is 12.9. The van der Waals surface area contributed by atoms with Gasteiger partial charge >= 0.3 is 0 Å². The van der Waals surface area contributed by atoms with E-state index in [4.69, 9.17) is 11.6 Å². The number of rotatable bonds is 6. The van der Waals surface area contributed by atoms with Crippen LogP contribution < -0.4 is 5.32 Å². The molecular formula is C25H35ClN4O3. The first-order valence-corrected chi connectivity index (χ1v) is 12.6. The minimum absolute atomic E-state index is 0.0355. The van der Waals surface area contributed by atoms with Gasteiger partial charge in [0.1, 0.15) is 0 Å². The molecule has 0 radical (unpaired) electrons. The van der Waals surface area contributed by atoms with E-state index >= 15 is 0 Å². The lowest BCUT2D eigenvalue weighted by molar-refractivity contribution is -0.140. The number of carbonyl (C=O) groups is 3. The Kier molecular flexibility index (Phi) is 7.59. The Hall–Kier alpha value is -2.12. The molecule has 1 aromatic rings. The van der Waals surface area contributed by atoms with Gasteiger partial charge in [-0.25, -0.2) is 0 Å². The van der Waals surface area contributed by atoms with Gasteiger partial charge in [-0.3, -0.25) is 19.3 Å². The fourth-order valence-electron chi connectivity index (χ4n) is 5.42. The molecule has 3 aliphatic rings. The monoisotopic (exact) mass is 474 g/mol. The third-order valence-corrected chi connectivity index (χ3v) is 7.57. The Labute approximate surface area is 201 Å². The molecule has 1 atom stereocenters. The van der Waals surface area contributed by atoms with Crippen molar-refractivity contribution in [1.29, 1.82) is 0 Å². The lowest BCUT2D eigenvalue weighted by Gasteiger charge is -2.41. The van der Waals surface area contributed by atoms with Crippen LogP contribution in [-0.4, -0.2) is 71.2 Å². The Morgan fingerprint density at radius 1 is 1.12 bits per heavy atom. The average Bonchev–Trinajstić information content (AvgIpc) is 3.43. The summed E-state index contributed by atoms with van der Waals surface area (Å²) in [6, 6.07) is 3.91. The zero-order valence-electron chi connectivity index (χ0n) is 19.7. The van der Waals surface area contributed by atoms with Crippen molar-refractivity contribution in [2.45, 2.75) is 65.0 Å². The molecule has 0 aromatic heterocycles. The van der Waals surface area contributed by atoms with Crippen LogP contribution in [0.5, 0.6) is 0 Å². The largest absolute Gasteiger partial charge is 0.337 e. The molecule has 33 heavy (non-hydrogen) atoms. The smallest absolute Gasteiger partial charge is 0.244 e. The summed E-state index contributed by atoms with van der Waals surface area (Å²) in [6.45, 7) is 7.96. The van der Waals surface area contributed by atoms with E-state index in [2.05, 4.69) is 22.0 Å². The van der Waals surface area contributed by atoms with Gasteiger partial charge in [-0.15, -0.1) is 0 Å². The summed E-state index contributed by atoms with van der Waals surface area (Å²) >= 11 is 6.40. The number of likely N-dealkylation sites (tertiary alicyclic amines) is 1. The summed E-state index contributed by atoms with van der Waals surface area (Å²) in [7, 11) is 0. The third kappa shape index (κ3) is 5.69. The van der Waals surface area contributed by atoms with Crippen molar-refractivity contribution in [1.82, 2.24) is 14.7 Å². The number of amides is 3. The molecule has 3 fully saturated rings. The van der Waals surface area contributed by atoms with Gasteiger partial charge in [-0.05, 0) is 56.4 Å². The van der Waals surface area contributed by atoms with Crippen LogP contribution in [0.3, 0.4) is 0 Å². The number of piperazine rings is 1. The Bertz CT molecular complexity index is 915. The Morgan fingerprint density at radius 2 is 1.88 bits per heavy atom. The molecule has 2 aliphatic heterocycles. The topological polar surface area (TPSA) is 73.0 Å². The second kappa shape index (κ2) is 10.4. The summed E-state index contributed by atoms with van der Waals surface area (Å²) in [6.07, 6.45) is 5.75. The standard InChI is InChI=1S/C25H35ClN4O3/c1-17-14-28(10-11-30(17)25(33)19-6-3-4-7-19)15-20-12-21(26)13-22(18(20)2)27-23(31)16-29-9-5-8-24(29)32/h12-13,17,19H,3-11,14-16H2,1-2H3,(H,27,31). The second-order valence-corrected chi connectivity index (χ2v) is 10.2. The van der Waals surface area contributed by atoms with Gasteiger partial charge in [0.2, 0.25) is 17.7 Å². The summed E-state index contributed by atoms with van der Waals surface area (Å²) in [5, 5.41) is 3.52. The minimum atomic E-state index is -0.200. The lowest BCUT2D eigenvalue weighted by Crippen LogP contribution is -2.54. The molecule has 2 heterocycles. The van der Waals surface area contributed by atoms with E-state index < -0.39 is 0 Å². The van der Waals surface area contributed by atoms with Crippen LogP contribution in [0.25, 0.3) is 0 Å². The van der Waals surface area contributed by atoms with E-state index in [1.807, 2.05) is 13.0 Å². The van der Waals surface area contributed by atoms with Crippen molar-refractivity contribution in [2.24, 2.45) is 5.92 Å². The highest BCUT2D eigenvalue weighted by Crippen LogP contribution is 2.29. The highest BCUT2D eigenvalue weighted by atomic mass is 35.5. The van der Waals surface area contributed by atoms with Crippen molar-refractivity contribution in [2.75, 3.05) is 38.0 Å². The number of nitrogens with one attached hydrogen (secondary N) is 1. The zero-order valence-corrected chi connectivity index (χ0v) is 20.5. The molecule has 4 rings (SSSR count). The molecule has 2 saturated heterocycles. The van der Waals surface area contributed by atoms with E-state index in [-0.39, 0.29) is 30.3 Å². The first kappa shape index (κ1) is 24.0. The summed E-state index contributed by atoms with van der Waals surface area (Å²) in [5.41, 5.74) is 2.74. The van der Waals surface area contributed by atoms with E-state index in [0.717, 1.165) is 56.6 Å². The van der Waals surface area contributed by atoms with Gasteiger partial charge in [-0.2, -0.15) is 0 Å². The number of hydrogen-bond acceptors (Lipinski definition) is 4. The van der Waals surface area contributed by atoms with Crippen LogP contribution in [0.15, 0.2) is 12.1 Å². The van der Waals surface area contributed by atoms with E-state index in [1.54, 1.807) is 11.0 Å². The molecule has 3 amide bonds. The van der Waals surface area contributed by atoms with Gasteiger partial charge in [0, 0.05) is 61.8 Å². The van der Waals surface area contributed by atoms with Crippen LogP contribution in [0.4, 0.5) is 5.69 Å². The summed E-state index contributed by atoms with van der Waals surface area (Å²) in [4.78, 5) is 43.3. The molecule has 1 N–H and O–H groups in total. The van der Waals surface area contributed by atoms with Crippen LogP contribution in [0.2, 0.25) is 5.02 Å². The Morgan fingerprint density at radius 3 is 2.55 bits per heavy atom. The normalized spacial score (nSPS) is 22.3. The van der Waals surface area contributed by atoms with Crippen molar-refractivity contribution in [3.05, 3.63) is 28.3 Å². The van der Waals surface area contributed by atoms with Crippen LogP contribution in [0, 0.1) is 12.8 Å². The fraction of sp³-hybridized carbons (Fsp3) is 0.640. The number of benzene rings is 1. The zero-order chi connectivity index (χ0) is 23.5. The summed E-state index contributed by atoms with van der Waals surface area (Å²) < 4.78 is 0. The maximum Gasteiger partial charge on any atom is 0.244 e. The minimum Gasteiger partial charge on any atom is -0.337 e. The molecule has 8 heteroatoms. The summed E-state index contributed by atoms with van der Waals surface area (Å²) in [5.74, 6) is 0.388. The van der Waals surface area contributed by atoms with Gasteiger partial charge < -0.3 is 15.1 Å². The van der Waals surface area contributed by atoms with E-state index in [9.17, 15) is 14.4 Å². The lowest BCUT2D eigenvalue weighted by atomic mass is 10.0. The predicted molar refractivity (Wildman–Crippen MR) is 129 cm³/mol. The van der Waals surface area contributed by atoms with Crippen molar-refractivity contribution in [3.63, 3.8) is 0 Å². The number of carbonyl (C=O) groups excluding carboxylic acids is 3. The number of anilines is 1. The van der Waals surface area contributed by atoms with Crippen LogP contribution in [0.1, 0.15) is 56.6 Å². The molecule has 1 aliphatic carbocycles. The van der Waals surface area contributed by atoms with Crippen molar-refractivity contribution in [3.8, 4) is 0 Å². The molecule has 1 saturated carbocycles. The number of nitrogens with zero attached hydrogens (tertiary/aromatic N) is 3. The fourth-order valence-corrected chi connectivity index (χ4v) is 5.66. The third-order valence-electron chi connectivity index (χ3n) is 7.35. The maximum atomic E-state index is 12.9. The predicted octanol–water partition coefficient (Wildman–Crippen LogP) is 3.43. The first-order valence-electron chi connectivity index (χ1n) is 12.2. The quantitative estimate of drug-likeness (QED) is 0.685. The van der Waals surface area contributed by atoms with Crippen LogP contribution >= 0.6 is 11.6 Å². The van der Waals surface area contributed by atoms with Gasteiger partial charge in [0.25, 0.3) is 0 Å². The Balaban J connectivity index is 1.37. The SMILES string of the molecule is Cc1c(CN2CCN(C(=O)C3CCCC3)C(C)C2)cc(Cl)cc1NC(=O)CN1CCCC1=O. The van der Waals surface area contributed by atoms with E-state index in [1.165, 1.54) is 12.8 Å². The van der Waals surface area contributed by atoms with Crippen molar-refractivity contribution < 1.29 is 14.4 Å². The average molecular weight is 475 g/mol. The molecule has 7 nitrogen and oxygen atoms in total. The molecule has 0 spiro atoms. The van der Waals surface area contributed by atoms with Crippen molar-refractivity contribution >= 4 is 35.0 Å². The molecule has 1 aromatic carbocycles. The van der Waals surface area contributed by atoms with Gasteiger partial charge in [-0.1, -0.05) is 24.4 Å². The van der Waals surface area contributed by atoms with E-state index in [0.29, 0.717) is 29.6 Å². The molecule has 1 unspecified atom stereocenters. The highest BCUT2D eigenvalue weighted by Gasteiger charge is 2.33. The highest BCUT2D eigenvalue weighted by molar-refractivity contribution is 6.31. The second-order valence-electron chi connectivity index (χ2n) is 9.80. The first-order chi connectivity index (χ1) is 15.8. The molecule has 0 bridgehead atoms. The van der Waals surface area contributed by atoms with Crippen LogP contribution in [-0.2, 0) is 20.9 Å². The number of hydrogen-bond donors (Lipinski definition) is 1. The van der Waals surface area contributed by atoms with Gasteiger partial charge in [0.05, 0.1) is 6.54 Å². The van der Waals surface area contributed by atoms with Gasteiger partial charge in [0.15, 0.2) is 0 Å². The molecular weight excluding hydrogens is 440 g/mol. The molecule has 180 valence electrons.